The third kappa shape index (κ3) is 4.82. The Morgan fingerprint density at radius 1 is 1.15 bits per heavy atom. The number of halogens is 1. The number of aryl methyl sites for hydroxylation is 1. The number of hydrogen-bond donors (Lipinski definition) is 1. The van der Waals surface area contributed by atoms with Crippen molar-refractivity contribution in [3.05, 3.63) is 52.5 Å². The van der Waals surface area contributed by atoms with E-state index in [0.29, 0.717) is 48.5 Å². The van der Waals surface area contributed by atoms with Crippen LogP contribution in [0.4, 0.5) is 0 Å². The highest BCUT2D eigenvalue weighted by Gasteiger charge is 2.16. The molecule has 5 nitrogen and oxygen atoms in total. The highest BCUT2D eigenvalue weighted by atomic mass is 35.5. The van der Waals surface area contributed by atoms with Crippen molar-refractivity contribution < 1.29 is 19.0 Å². The normalized spacial score (nSPS) is 12.5. The summed E-state index contributed by atoms with van der Waals surface area (Å²) in [6.45, 7) is 3.60. The Labute approximate surface area is 158 Å². The first-order valence-electron chi connectivity index (χ1n) is 8.72. The Hall–Kier alpha value is -2.40. The summed E-state index contributed by atoms with van der Waals surface area (Å²) in [6.07, 6.45) is 1.62. The zero-order chi connectivity index (χ0) is 18.4. The van der Waals surface area contributed by atoms with Crippen molar-refractivity contribution in [3.8, 4) is 17.2 Å². The Morgan fingerprint density at radius 3 is 2.69 bits per heavy atom. The summed E-state index contributed by atoms with van der Waals surface area (Å²) in [5.41, 5.74) is 2.22. The van der Waals surface area contributed by atoms with Crippen LogP contribution in [0.2, 0.25) is 5.02 Å². The summed E-state index contributed by atoms with van der Waals surface area (Å²) >= 11 is 6.22. The lowest BCUT2D eigenvalue weighted by Gasteiger charge is -2.20. The first-order chi connectivity index (χ1) is 12.7. The van der Waals surface area contributed by atoms with Crippen molar-refractivity contribution in [2.45, 2.75) is 19.8 Å². The zero-order valence-electron chi connectivity index (χ0n) is 14.7. The van der Waals surface area contributed by atoms with Crippen LogP contribution in [0, 0.1) is 0 Å². The van der Waals surface area contributed by atoms with E-state index in [2.05, 4.69) is 12.2 Å². The summed E-state index contributed by atoms with van der Waals surface area (Å²) in [4.78, 5) is 11.9. The first-order valence-corrected chi connectivity index (χ1v) is 9.10. The van der Waals surface area contributed by atoms with Gasteiger partial charge in [0.2, 0.25) is 0 Å². The molecule has 1 amide bonds. The maximum Gasteiger partial charge on any atom is 0.257 e. The van der Waals surface area contributed by atoms with Crippen molar-refractivity contribution in [2.24, 2.45) is 0 Å². The van der Waals surface area contributed by atoms with E-state index in [1.54, 1.807) is 0 Å². The molecule has 0 atom stereocenters. The standard InChI is InChI=1S/C20H22ClNO4/c1-2-14-3-5-16(6-4-14)26-13-19(23)22-8-7-15-11-17(21)20-18(12-15)24-9-10-25-20/h3-6,11-12H,2,7-10,13H2,1H3,(H,22,23). The summed E-state index contributed by atoms with van der Waals surface area (Å²) in [6, 6.07) is 11.5. The van der Waals surface area contributed by atoms with Gasteiger partial charge in [-0.25, -0.2) is 0 Å². The number of benzene rings is 2. The predicted octanol–water partition coefficient (Wildman–Crippen LogP) is 3.41. The van der Waals surface area contributed by atoms with Gasteiger partial charge in [-0.3, -0.25) is 4.79 Å². The molecule has 1 aliphatic heterocycles. The molecule has 6 heteroatoms. The molecule has 0 radical (unpaired) electrons. The quantitative estimate of drug-likeness (QED) is 0.805. The molecule has 1 aliphatic rings. The first kappa shape index (κ1) is 18.4. The van der Waals surface area contributed by atoms with Gasteiger partial charge in [0.15, 0.2) is 18.1 Å². The molecular weight excluding hydrogens is 354 g/mol. The maximum absolute atomic E-state index is 11.9. The molecule has 1 N–H and O–H groups in total. The van der Waals surface area contributed by atoms with Gasteiger partial charge in [-0.15, -0.1) is 0 Å². The molecule has 0 fully saturated rings. The van der Waals surface area contributed by atoms with Gasteiger partial charge in [0, 0.05) is 6.54 Å². The Balaban J connectivity index is 1.44. The number of fused-ring (bicyclic) bond motifs is 1. The molecule has 0 aromatic heterocycles. The molecule has 2 aromatic carbocycles. The van der Waals surface area contributed by atoms with Gasteiger partial charge in [-0.05, 0) is 48.2 Å². The molecule has 3 rings (SSSR count). The predicted molar refractivity (Wildman–Crippen MR) is 100 cm³/mol. The number of ether oxygens (including phenoxy) is 3. The van der Waals surface area contributed by atoms with Gasteiger partial charge in [-0.1, -0.05) is 30.7 Å². The molecule has 0 bridgehead atoms. The molecule has 0 spiro atoms. The van der Waals surface area contributed by atoms with Crippen molar-refractivity contribution >= 4 is 17.5 Å². The second-order valence-corrected chi connectivity index (χ2v) is 6.40. The lowest BCUT2D eigenvalue weighted by atomic mass is 10.1. The van der Waals surface area contributed by atoms with E-state index in [1.165, 1.54) is 5.56 Å². The number of carbonyl (C=O) groups is 1. The fraction of sp³-hybridized carbons (Fsp3) is 0.350. The highest BCUT2D eigenvalue weighted by molar-refractivity contribution is 6.32. The SMILES string of the molecule is CCc1ccc(OCC(=O)NCCc2cc(Cl)c3c(c2)OCCO3)cc1. The average molecular weight is 376 g/mol. The smallest absolute Gasteiger partial charge is 0.257 e. The van der Waals surface area contributed by atoms with Crippen LogP contribution in [0.25, 0.3) is 0 Å². The van der Waals surface area contributed by atoms with Crippen molar-refractivity contribution in [1.82, 2.24) is 5.32 Å². The van der Waals surface area contributed by atoms with Gasteiger partial charge >= 0.3 is 0 Å². The third-order valence-corrected chi connectivity index (χ3v) is 4.37. The molecule has 0 aliphatic carbocycles. The van der Waals surface area contributed by atoms with Gasteiger partial charge in [-0.2, -0.15) is 0 Å². The Morgan fingerprint density at radius 2 is 1.92 bits per heavy atom. The highest BCUT2D eigenvalue weighted by Crippen LogP contribution is 2.38. The lowest BCUT2D eigenvalue weighted by molar-refractivity contribution is -0.123. The van der Waals surface area contributed by atoms with Crippen molar-refractivity contribution in [1.29, 1.82) is 0 Å². The number of amides is 1. The number of nitrogens with one attached hydrogen (secondary N) is 1. The van der Waals surface area contributed by atoms with E-state index < -0.39 is 0 Å². The zero-order valence-corrected chi connectivity index (χ0v) is 15.5. The second-order valence-electron chi connectivity index (χ2n) is 5.99. The summed E-state index contributed by atoms with van der Waals surface area (Å²) in [5.74, 6) is 1.78. The summed E-state index contributed by atoms with van der Waals surface area (Å²) in [7, 11) is 0. The van der Waals surface area contributed by atoms with E-state index in [4.69, 9.17) is 25.8 Å². The van der Waals surface area contributed by atoms with E-state index in [0.717, 1.165) is 12.0 Å². The average Bonchev–Trinajstić information content (AvgIpc) is 2.67. The minimum absolute atomic E-state index is 0.00658. The van der Waals surface area contributed by atoms with Crippen molar-refractivity contribution in [2.75, 3.05) is 26.4 Å². The minimum atomic E-state index is -0.159. The van der Waals surface area contributed by atoms with Crippen LogP contribution in [0.5, 0.6) is 17.2 Å². The molecule has 0 unspecified atom stereocenters. The van der Waals surface area contributed by atoms with Crippen LogP contribution in [0.3, 0.4) is 0 Å². The second kappa shape index (κ2) is 8.81. The summed E-state index contributed by atoms with van der Waals surface area (Å²) in [5, 5.41) is 3.37. The molecule has 26 heavy (non-hydrogen) atoms. The van der Waals surface area contributed by atoms with Crippen LogP contribution < -0.4 is 19.5 Å². The molecule has 138 valence electrons. The summed E-state index contributed by atoms with van der Waals surface area (Å²) < 4.78 is 16.6. The maximum atomic E-state index is 11.9. The minimum Gasteiger partial charge on any atom is -0.486 e. The Bertz CT molecular complexity index is 761. The molecule has 1 heterocycles. The Kier molecular flexibility index (Phi) is 6.23. The van der Waals surface area contributed by atoms with Gasteiger partial charge in [0.05, 0.1) is 5.02 Å². The fourth-order valence-corrected chi connectivity index (χ4v) is 2.96. The van der Waals surface area contributed by atoms with Crippen LogP contribution in [0.1, 0.15) is 18.1 Å². The van der Waals surface area contributed by atoms with Crippen LogP contribution in [-0.4, -0.2) is 32.3 Å². The number of hydrogen-bond acceptors (Lipinski definition) is 4. The van der Waals surface area contributed by atoms with E-state index in [1.807, 2.05) is 36.4 Å². The molecular formula is C20H22ClNO4. The van der Waals surface area contributed by atoms with E-state index >= 15 is 0 Å². The van der Waals surface area contributed by atoms with Crippen molar-refractivity contribution in [3.63, 3.8) is 0 Å². The molecule has 0 saturated carbocycles. The van der Waals surface area contributed by atoms with Gasteiger partial charge < -0.3 is 19.5 Å². The van der Waals surface area contributed by atoms with Gasteiger partial charge in [0.25, 0.3) is 5.91 Å². The van der Waals surface area contributed by atoms with Crippen LogP contribution >= 0.6 is 11.6 Å². The van der Waals surface area contributed by atoms with Crippen LogP contribution in [-0.2, 0) is 17.6 Å². The number of carbonyl (C=O) groups excluding carboxylic acids is 1. The molecule has 2 aromatic rings. The molecule has 0 saturated heterocycles. The fourth-order valence-electron chi connectivity index (χ4n) is 2.68. The van der Waals surface area contributed by atoms with E-state index in [9.17, 15) is 4.79 Å². The van der Waals surface area contributed by atoms with Gasteiger partial charge in [0.1, 0.15) is 19.0 Å². The lowest BCUT2D eigenvalue weighted by Crippen LogP contribution is -2.30. The largest absolute Gasteiger partial charge is 0.486 e. The monoisotopic (exact) mass is 375 g/mol. The topological polar surface area (TPSA) is 56.8 Å². The third-order valence-electron chi connectivity index (χ3n) is 4.09. The number of rotatable bonds is 7. The van der Waals surface area contributed by atoms with E-state index in [-0.39, 0.29) is 12.5 Å². The van der Waals surface area contributed by atoms with Crippen LogP contribution in [0.15, 0.2) is 36.4 Å².